The van der Waals surface area contributed by atoms with E-state index in [1.165, 1.54) is 0 Å². The Hall–Kier alpha value is -2.79. The summed E-state index contributed by atoms with van der Waals surface area (Å²) >= 11 is 0. The minimum atomic E-state index is 0.0654. The molecular formula is C23H28N2O3. The number of methoxy groups -OCH3 is 2. The minimum Gasteiger partial charge on any atom is -0.497 e. The summed E-state index contributed by atoms with van der Waals surface area (Å²) in [6, 6.07) is 16.4. The van der Waals surface area contributed by atoms with Gasteiger partial charge in [-0.25, -0.2) is 0 Å². The Labute approximate surface area is 166 Å². The van der Waals surface area contributed by atoms with E-state index in [9.17, 15) is 5.21 Å². The van der Waals surface area contributed by atoms with Crippen LogP contribution in [0.4, 0.5) is 0 Å². The summed E-state index contributed by atoms with van der Waals surface area (Å²) in [5.74, 6) is 1.73. The minimum absolute atomic E-state index is 0.0654. The maximum atomic E-state index is 9.68. The Morgan fingerprint density at radius 2 is 1.57 bits per heavy atom. The molecule has 1 aliphatic rings. The van der Waals surface area contributed by atoms with E-state index in [1.54, 1.807) is 14.2 Å². The van der Waals surface area contributed by atoms with Crippen LogP contribution in [0.25, 0.3) is 0 Å². The van der Waals surface area contributed by atoms with Crippen molar-refractivity contribution in [2.45, 2.75) is 25.4 Å². The zero-order valence-corrected chi connectivity index (χ0v) is 16.7. The molecule has 5 nitrogen and oxygen atoms in total. The van der Waals surface area contributed by atoms with Crippen LogP contribution >= 0.6 is 0 Å². The lowest BCUT2D eigenvalue weighted by atomic mass is 9.79. The summed E-state index contributed by atoms with van der Waals surface area (Å²) in [6.07, 6.45) is 2.60. The van der Waals surface area contributed by atoms with Gasteiger partial charge in [0.1, 0.15) is 11.5 Å². The summed E-state index contributed by atoms with van der Waals surface area (Å²) in [7, 11) is 3.33. The van der Waals surface area contributed by atoms with Gasteiger partial charge in [0.25, 0.3) is 0 Å². The van der Waals surface area contributed by atoms with Gasteiger partial charge in [0.2, 0.25) is 0 Å². The molecule has 28 heavy (non-hydrogen) atoms. The third kappa shape index (κ3) is 3.90. The van der Waals surface area contributed by atoms with Gasteiger partial charge >= 0.3 is 0 Å². The highest BCUT2D eigenvalue weighted by Gasteiger charge is 2.40. The summed E-state index contributed by atoms with van der Waals surface area (Å²) in [6.45, 7) is 6.82. The third-order valence-electron chi connectivity index (χ3n) is 5.59. The van der Waals surface area contributed by atoms with Crippen LogP contribution in [0.1, 0.15) is 36.6 Å². The van der Waals surface area contributed by atoms with Crippen molar-refractivity contribution in [1.82, 2.24) is 4.90 Å². The van der Waals surface area contributed by atoms with Crippen LogP contribution in [0.3, 0.4) is 0 Å². The number of rotatable bonds is 6. The van der Waals surface area contributed by atoms with Crippen LogP contribution in [0.5, 0.6) is 11.5 Å². The monoisotopic (exact) mass is 380 g/mol. The smallest absolute Gasteiger partial charge is 0.118 e. The van der Waals surface area contributed by atoms with Crippen molar-refractivity contribution in [3.63, 3.8) is 0 Å². The summed E-state index contributed by atoms with van der Waals surface area (Å²) in [4.78, 5) is 2.43. The lowest BCUT2D eigenvalue weighted by Crippen LogP contribution is -2.44. The van der Waals surface area contributed by atoms with Crippen LogP contribution in [-0.2, 0) is 0 Å². The van der Waals surface area contributed by atoms with E-state index in [0.717, 1.165) is 34.9 Å². The highest BCUT2D eigenvalue weighted by Crippen LogP contribution is 2.44. The molecule has 0 spiro atoms. The first-order valence-corrected chi connectivity index (χ1v) is 9.48. The first-order valence-electron chi connectivity index (χ1n) is 9.48. The van der Waals surface area contributed by atoms with Crippen LogP contribution in [0, 0.1) is 5.92 Å². The van der Waals surface area contributed by atoms with Gasteiger partial charge in [-0.3, -0.25) is 4.90 Å². The number of likely N-dealkylation sites (tertiary alicyclic amines) is 1. The molecule has 0 unspecified atom stereocenters. The summed E-state index contributed by atoms with van der Waals surface area (Å²) < 4.78 is 10.6. The van der Waals surface area contributed by atoms with Crippen molar-refractivity contribution in [3.8, 4) is 11.5 Å². The SMILES string of the molecule is C=CCN1[C@H](c2ccc(OC)cc2)C/C(=N\O)[C@@H](C)[C@@H]1c1ccc(OC)cc1. The van der Waals surface area contributed by atoms with Crippen molar-refractivity contribution in [2.75, 3.05) is 20.8 Å². The van der Waals surface area contributed by atoms with Crippen LogP contribution < -0.4 is 9.47 Å². The van der Waals surface area contributed by atoms with Gasteiger partial charge < -0.3 is 14.7 Å². The van der Waals surface area contributed by atoms with Gasteiger partial charge in [0.05, 0.1) is 19.9 Å². The second kappa shape index (κ2) is 8.93. The van der Waals surface area contributed by atoms with Crippen molar-refractivity contribution >= 4 is 5.71 Å². The van der Waals surface area contributed by atoms with Gasteiger partial charge in [-0.2, -0.15) is 0 Å². The Bertz CT molecular complexity index is 815. The zero-order chi connectivity index (χ0) is 20.1. The van der Waals surface area contributed by atoms with E-state index in [0.29, 0.717) is 6.42 Å². The van der Waals surface area contributed by atoms with Gasteiger partial charge in [-0.05, 0) is 35.4 Å². The summed E-state index contributed by atoms with van der Waals surface area (Å²) in [5.41, 5.74) is 3.13. The van der Waals surface area contributed by atoms with E-state index in [4.69, 9.17) is 9.47 Å². The molecule has 0 aliphatic carbocycles. The molecule has 1 N–H and O–H groups in total. The Balaban J connectivity index is 2.04. The first kappa shape index (κ1) is 20.0. The molecule has 2 aromatic carbocycles. The third-order valence-corrected chi connectivity index (χ3v) is 5.59. The second-order valence-electron chi connectivity index (χ2n) is 7.08. The standard InChI is InChI=1S/C23H28N2O3/c1-5-14-25-22(17-6-10-19(27-3)11-7-17)15-21(24-26)16(2)23(25)18-8-12-20(28-4)13-9-18/h5-13,16,22-23,26H,1,14-15H2,2-4H3/b24-21+/t16-,22+,23-/m1/s1. The van der Waals surface area contributed by atoms with E-state index >= 15 is 0 Å². The molecule has 1 aliphatic heterocycles. The molecule has 0 bridgehead atoms. The molecule has 0 aromatic heterocycles. The lowest BCUT2D eigenvalue weighted by molar-refractivity contribution is 0.108. The van der Waals surface area contributed by atoms with Gasteiger partial charge in [-0.1, -0.05) is 42.4 Å². The number of hydrogen-bond acceptors (Lipinski definition) is 5. The topological polar surface area (TPSA) is 54.3 Å². The average Bonchev–Trinajstić information content (AvgIpc) is 2.74. The molecule has 1 fully saturated rings. The average molecular weight is 380 g/mol. The number of hydrogen-bond donors (Lipinski definition) is 1. The quantitative estimate of drug-likeness (QED) is 0.442. The fourth-order valence-corrected chi connectivity index (χ4v) is 4.10. The van der Waals surface area contributed by atoms with Crippen molar-refractivity contribution in [2.24, 2.45) is 11.1 Å². The van der Waals surface area contributed by atoms with Gasteiger partial charge in [-0.15, -0.1) is 6.58 Å². The van der Waals surface area contributed by atoms with Gasteiger partial charge in [0.15, 0.2) is 0 Å². The molecule has 1 heterocycles. The molecular weight excluding hydrogens is 352 g/mol. The number of oxime groups is 1. The summed E-state index contributed by atoms with van der Waals surface area (Å²) in [5, 5.41) is 13.3. The van der Waals surface area contributed by atoms with Crippen LogP contribution in [0.15, 0.2) is 66.3 Å². The normalized spacial score (nSPS) is 24.1. The van der Waals surface area contributed by atoms with E-state index < -0.39 is 0 Å². The first-order chi connectivity index (χ1) is 13.6. The molecule has 0 saturated carbocycles. The molecule has 5 heteroatoms. The molecule has 3 atom stereocenters. The van der Waals surface area contributed by atoms with Crippen molar-refractivity contribution < 1.29 is 14.7 Å². The molecule has 2 aromatic rings. The number of benzene rings is 2. The highest BCUT2D eigenvalue weighted by atomic mass is 16.5. The number of nitrogens with zero attached hydrogens (tertiary/aromatic N) is 2. The predicted octanol–water partition coefficient (Wildman–Crippen LogP) is 4.84. The van der Waals surface area contributed by atoms with E-state index in [2.05, 4.69) is 47.8 Å². The van der Waals surface area contributed by atoms with Gasteiger partial charge in [0, 0.05) is 31.0 Å². The highest BCUT2D eigenvalue weighted by molar-refractivity contribution is 5.88. The van der Waals surface area contributed by atoms with Crippen LogP contribution in [0.2, 0.25) is 0 Å². The fourth-order valence-electron chi connectivity index (χ4n) is 4.10. The van der Waals surface area contributed by atoms with Crippen molar-refractivity contribution in [3.05, 3.63) is 72.3 Å². The number of ether oxygens (including phenoxy) is 2. The zero-order valence-electron chi connectivity index (χ0n) is 16.7. The largest absolute Gasteiger partial charge is 0.497 e. The molecule has 3 rings (SSSR count). The van der Waals surface area contributed by atoms with Crippen LogP contribution in [-0.4, -0.2) is 36.6 Å². The van der Waals surface area contributed by atoms with E-state index in [-0.39, 0.29) is 18.0 Å². The number of piperidine rings is 1. The Kier molecular flexibility index (Phi) is 6.37. The second-order valence-corrected chi connectivity index (χ2v) is 7.08. The van der Waals surface area contributed by atoms with Crippen molar-refractivity contribution in [1.29, 1.82) is 0 Å². The maximum Gasteiger partial charge on any atom is 0.118 e. The van der Waals surface area contributed by atoms with E-state index in [1.807, 2.05) is 30.3 Å². The Morgan fingerprint density at radius 1 is 1.04 bits per heavy atom. The lowest BCUT2D eigenvalue weighted by Gasteiger charge is -2.46. The predicted molar refractivity (Wildman–Crippen MR) is 111 cm³/mol. The molecule has 0 radical (unpaired) electrons. The molecule has 0 amide bonds. The molecule has 1 saturated heterocycles. The Morgan fingerprint density at radius 3 is 2.04 bits per heavy atom. The maximum absolute atomic E-state index is 9.68. The molecule has 148 valence electrons. The fraction of sp³-hybridized carbons (Fsp3) is 0.348.